The van der Waals surface area contributed by atoms with Crippen LogP contribution in [0.5, 0.6) is 0 Å². The van der Waals surface area contributed by atoms with Crippen molar-refractivity contribution in [3.8, 4) is 0 Å². The van der Waals surface area contributed by atoms with Gasteiger partial charge >= 0.3 is 5.97 Å². The van der Waals surface area contributed by atoms with E-state index in [9.17, 15) is 14.7 Å². The lowest BCUT2D eigenvalue weighted by Crippen LogP contribution is -2.12. The summed E-state index contributed by atoms with van der Waals surface area (Å²) >= 11 is 0. The van der Waals surface area contributed by atoms with Gasteiger partial charge in [-0.05, 0) is 30.3 Å². The van der Waals surface area contributed by atoms with Gasteiger partial charge in [-0.1, -0.05) is 18.2 Å². The van der Waals surface area contributed by atoms with Crippen molar-refractivity contribution in [2.45, 2.75) is 0 Å². The van der Waals surface area contributed by atoms with Gasteiger partial charge in [0.05, 0.1) is 0 Å². The van der Waals surface area contributed by atoms with E-state index in [0.29, 0.717) is 16.9 Å². The van der Waals surface area contributed by atoms with E-state index in [1.807, 2.05) is 12.1 Å². The average molecular weight is 347 g/mol. The van der Waals surface area contributed by atoms with Gasteiger partial charge in [-0.2, -0.15) is 0 Å². The maximum atomic E-state index is 12.5. The highest BCUT2D eigenvalue weighted by Crippen LogP contribution is 2.29. The Morgan fingerprint density at radius 1 is 1.19 bits per heavy atom. The highest BCUT2D eigenvalue weighted by molar-refractivity contribution is 6.26. The van der Waals surface area contributed by atoms with Crippen LogP contribution in [0.15, 0.2) is 72.1 Å². The van der Waals surface area contributed by atoms with Crippen LogP contribution < -0.4 is 5.32 Å². The van der Waals surface area contributed by atoms with Crippen LogP contribution in [0, 0.1) is 0 Å². The molecule has 3 aromatic rings. The number of carbonyl (C=O) groups excluding carboxylic acids is 1. The predicted molar refractivity (Wildman–Crippen MR) is 94.9 cm³/mol. The van der Waals surface area contributed by atoms with Gasteiger partial charge in [0.25, 0.3) is 0 Å². The van der Waals surface area contributed by atoms with Crippen molar-refractivity contribution < 1.29 is 19.4 Å². The Labute approximate surface area is 147 Å². The first-order valence-electron chi connectivity index (χ1n) is 7.79. The van der Waals surface area contributed by atoms with Crippen molar-refractivity contribution in [1.29, 1.82) is 0 Å². The monoisotopic (exact) mass is 347 g/mol. The summed E-state index contributed by atoms with van der Waals surface area (Å²) in [5.74, 6) is -2.20. The number of para-hydroxylation sites is 1. The quantitative estimate of drug-likeness (QED) is 0.495. The Kier molecular flexibility index (Phi) is 3.74. The second-order valence-corrected chi connectivity index (χ2v) is 5.58. The summed E-state index contributed by atoms with van der Waals surface area (Å²) in [6, 6.07) is 12.5. The molecule has 26 heavy (non-hydrogen) atoms. The second-order valence-electron chi connectivity index (χ2n) is 5.58. The number of allylic oxidation sites excluding steroid dienone is 1. The molecule has 4 rings (SSSR count). The topological polar surface area (TPSA) is 104 Å². The Balaban J connectivity index is 1.70. The minimum Gasteiger partial charge on any atom is -0.477 e. The molecule has 0 aliphatic carbocycles. The number of fused-ring (bicyclic) bond motifs is 1. The first-order valence-corrected chi connectivity index (χ1v) is 7.79. The lowest BCUT2D eigenvalue weighted by atomic mass is 10.1. The van der Waals surface area contributed by atoms with Gasteiger partial charge in [-0.15, -0.1) is 0 Å². The number of aliphatic carboxylic acids is 1. The average Bonchev–Trinajstić information content (AvgIpc) is 3.18. The number of hydrogen-bond donors (Lipinski definition) is 3. The molecule has 0 saturated carbocycles. The zero-order valence-electron chi connectivity index (χ0n) is 13.4. The van der Waals surface area contributed by atoms with Crippen LogP contribution >= 0.6 is 0 Å². The smallest absolute Gasteiger partial charge is 0.345 e. The van der Waals surface area contributed by atoms with Gasteiger partial charge in [0.2, 0.25) is 11.7 Å². The van der Waals surface area contributed by atoms with Crippen LogP contribution in [0.1, 0.15) is 5.56 Å². The zero-order chi connectivity index (χ0) is 18.1. The van der Waals surface area contributed by atoms with Crippen molar-refractivity contribution in [3.63, 3.8) is 0 Å². The lowest BCUT2D eigenvalue weighted by Gasteiger charge is -2.07. The molecule has 2 aromatic heterocycles. The molecule has 0 amide bonds. The molecule has 0 radical (unpaired) electrons. The van der Waals surface area contributed by atoms with Crippen LogP contribution in [0.2, 0.25) is 0 Å². The third-order valence-electron chi connectivity index (χ3n) is 3.91. The molecular weight excluding hydrogens is 334 g/mol. The number of anilines is 1. The van der Waals surface area contributed by atoms with Crippen molar-refractivity contribution in [2.75, 3.05) is 5.32 Å². The summed E-state index contributed by atoms with van der Waals surface area (Å²) < 4.78 is 5.54. The number of ketones is 1. The van der Waals surface area contributed by atoms with Gasteiger partial charge in [0, 0.05) is 29.0 Å². The molecule has 0 fully saturated rings. The molecule has 0 saturated heterocycles. The van der Waals surface area contributed by atoms with E-state index in [1.54, 1.807) is 42.7 Å². The van der Waals surface area contributed by atoms with Gasteiger partial charge in [-0.25, -0.2) is 9.78 Å². The maximum absolute atomic E-state index is 12.5. The number of H-pyrrole nitrogens is 1. The van der Waals surface area contributed by atoms with E-state index >= 15 is 0 Å². The number of nitrogens with zero attached hydrogens (tertiary/aromatic N) is 1. The zero-order valence-corrected chi connectivity index (χ0v) is 13.4. The lowest BCUT2D eigenvalue weighted by molar-refractivity contribution is -0.134. The fraction of sp³-hybridized carbons (Fsp3) is 0. The van der Waals surface area contributed by atoms with Gasteiger partial charge in [0.1, 0.15) is 5.65 Å². The first-order chi connectivity index (χ1) is 12.6. The molecule has 3 N–H and O–H groups in total. The minimum absolute atomic E-state index is 0.0643. The fourth-order valence-corrected chi connectivity index (χ4v) is 2.70. The van der Waals surface area contributed by atoms with Gasteiger partial charge < -0.3 is 20.1 Å². The number of pyridine rings is 1. The van der Waals surface area contributed by atoms with Crippen molar-refractivity contribution in [1.82, 2.24) is 9.97 Å². The first kappa shape index (κ1) is 15.6. The summed E-state index contributed by atoms with van der Waals surface area (Å²) in [7, 11) is 0. The predicted octanol–water partition coefficient (Wildman–Crippen LogP) is 2.91. The number of hydrogen-bond acceptors (Lipinski definition) is 5. The van der Waals surface area contributed by atoms with E-state index in [1.165, 1.54) is 6.08 Å². The number of benzene rings is 1. The summed E-state index contributed by atoms with van der Waals surface area (Å²) in [6.07, 6.45) is 4.84. The number of aromatic amines is 1. The standard InChI is InChI=1S/C19H13N3O4/c23-16-14(9-11-10-21-17-13(11)7-4-8-20-17)26-18(15(16)19(24)25)22-12-5-2-1-3-6-12/h1-10,22H,(H,20,21)(H,24,25)/b14-9-. The van der Waals surface area contributed by atoms with Crippen LogP contribution in [-0.2, 0) is 14.3 Å². The van der Waals surface area contributed by atoms with Crippen LogP contribution in [0.25, 0.3) is 17.1 Å². The minimum atomic E-state index is -1.35. The molecule has 1 aliphatic heterocycles. The SMILES string of the molecule is O=C(O)C1=C(Nc2ccccc2)O/C(=C\c2c[nH]c3ncccc23)C1=O. The number of carboxylic acids is 1. The molecule has 0 unspecified atom stereocenters. The van der Waals surface area contributed by atoms with Crippen molar-refractivity contribution >= 4 is 34.5 Å². The fourth-order valence-electron chi connectivity index (χ4n) is 2.70. The molecule has 0 atom stereocenters. The molecule has 0 bridgehead atoms. The van der Waals surface area contributed by atoms with Gasteiger partial charge in [-0.3, -0.25) is 4.79 Å². The Hall–Kier alpha value is -3.87. The summed E-state index contributed by atoms with van der Waals surface area (Å²) in [4.78, 5) is 31.2. The number of nitrogens with one attached hydrogen (secondary N) is 2. The van der Waals surface area contributed by atoms with E-state index in [2.05, 4.69) is 15.3 Å². The Morgan fingerprint density at radius 2 is 2.00 bits per heavy atom. The van der Waals surface area contributed by atoms with E-state index < -0.39 is 17.3 Å². The molecule has 1 aromatic carbocycles. The van der Waals surface area contributed by atoms with E-state index in [0.717, 1.165) is 5.39 Å². The van der Waals surface area contributed by atoms with E-state index in [4.69, 9.17) is 4.74 Å². The largest absolute Gasteiger partial charge is 0.477 e. The van der Waals surface area contributed by atoms with Gasteiger partial charge in [0.15, 0.2) is 11.3 Å². The summed E-state index contributed by atoms with van der Waals surface area (Å²) in [5.41, 5.74) is 1.53. The number of aromatic nitrogens is 2. The molecule has 1 aliphatic rings. The number of ether oxygens (including phenoxy) is 1. The number of Topliss-reactive ketones (excluding diaryl/α,β-unsaturated/α-hetero) is 1. The Morgan fingerprint density at radius 3 is 2.77 bits per heavy atom. The highest BCUT2D eigenvalue weighted by atomic mass is 16.5. The van der Waals surface area contributed by atoms with Crippen molar-refractivity contribution in [2.24, 2.45) is 0 Å². The van der Waals surface area contributed by atoms with Crippen LogP contribution in [0.4, 0.5) is 5.69 Å². The second kappa shape index (κ2) is 6.21. The molecule has 7 heteroatoms. The molecule has 128 valence electrons. The van der Waals surface area contributed by atoms with Crippen molar-refractivity contribution in [3.05, 3.63) is 77.6 Å². The third kappa shape index (κ3) is 2.71. The molecular formula is C19H13N3O4. The normalized spacial score (nSPS) is 15.5. The molecule has 3 heterocycles. The molecule has 0 spiro atoms. The van der Waals surface area contributed by atoms with Crippen LogP contribution in [-0.4, -0.2) is 26.8 Å². The maximum Gasteiger partial charge on any atom is 0.345 e. The van der Waals surface area contributed by atoms with E-state index in [-0.39, 0.29) is 11.6 Å². The van der Waals surface area contributed by atoms with Crippen LogP contribution in [0.3, 0.4) is 0 Å². The Bertz CT molecular complexity index is 1080. The summed E-state index contributed by atoms with van der Waals surface area (Å²) in [6.45, 7) is 0. The number of rotatable bonds is 4. The third-order valence-corrected chi connectivity index (χ3v) is 3.91. The summed E-state index contributed by atoms with van der Waals surface area (Å²) in [5, 5.41) is 13.1. The number of carboxylic acid groups (broad SMARTS) is 1. The highest BCUT2D eigenvalue weighted by Gasteiger charge is 2.36. The molecule has 7 nitrogen and oxygen atoms in total. The number of carbonyl (C=O) groups is 2.